The summed E-state index contributed by atoms with van der Waals surface area (Å²) in [6.07, 6.45) is 13.9. The molecule has 3 rings (SSSR count). The van der Waals surface area contributed by atoms with Crippen LogP contribution < -0.4 is 0 Å². The lowest BCUT2D eigenvalue weighted by Crippen LogP contribution is -2.11. The second-order valence-electron chi connectivity index (χ2n) is 5.74. The average Bonchev–Trinajstić information content (AvgIpc) is 2.79. The van der Waals surface area contributed by atoms with E-state index in [1.165, 1.54) is 43.2 Å². The maximum Gasteiger partial charge on any atom is -0.0127 e. The first-order valence-corrected chi connectivity index (χ1v) is 7.29. The fourth-order valence-corrected chi connectivity index (χ4v) is 3.68. The molecule has 1 aromatic rings. The molecule has 0 amide bonds. The third-order valence-corrected chi connectivity index (χ3v) is 4.63. The lowest BCUT2D eigenvalue weighted by Gasteiger charge is -2.25. The molecule has 1 aromatic carbocycles. The summed E-state index contributed by atoms with van der Waals surface area (Å²) in [5.74, 6) is 1.72. The number of benzene rings is 1. The Bertz CT molecular complexity index is 479. The third-order valence-electron chi connectivity index (χ3n) is 4.63. The van der Waals surface area contributed by atoms with E-state index in [1.807, 2.05) is 0 Å². The van der Waals surface area contributed by atoms with Crippen LogP contribution in [0.1, 0.15) is 43.2 Å². The summed E-state index contributed by atoms with van der Waals surface area (Å²) in [6.45, 7) is 2.24. The van der Waals surface area contributed by atoms with Crippen molar-refractivity contribution in [2.24, 2.45) is 11.8 Å². The molecule has 0 heterocycles. The number of aryl methyl sites for hydroxylation is 1. The minimum atomic E-state index is 0.802. The predicted molar refractivity (Wildman–Crippen MR) is 78.4 cm³/mol. The van der Waals surface area contributed by atoms with Gasteiger partial charge in [-0.1, -0.05) is 48.9 Å². The van der Waals surface area contributed by atoms with Crippen molar-refractivity contribution in [2.45, 2.75) is 39.0 Å². The summed E-state index contributed by atoms with van der Waals surface area (Å²) >= 11 is 0. The second kappa shape index (κ2) is 5.14. The molecule has 94 valence electrons. The first-order valence-electron chi connectivity index (χ1n) is 7.29. The van der Waals surface area contributed by atoms with Crippen LogP contribution in [0.15, 0.2) is 42.5 Å². The van der Waals surface area contributed by atoms with Crippen LogP contribution in [0.5, 0.6) is 0 Å². The summed E-state index contributed by atoms with van der Waals surface area (Å²) in [5.41, 5.74) is 4.48. The molecule has 0 nitrogen and oxygen atoms in total. The van der Waals surface area contributed by atoms with Crippen molar-refractivity contribution in [3.05, 3.63) is 53.6 Å². The van der Waals surface area contributed by atoms with E-state index in [0.717, 1.165) is 11.8 Å². The van der Waals surface area contributed by atoms with Crippen molar-refractivity contribution in [3.8, 4) is 0 Å². The van der Waals surface area contributed by atoms with Crippen LogP contribution in [0.4, 0.5) is 0 Å². The quantitative estimate of drug-likeness (QED) is 0.635. The highest BCUT2D eigenvalue weighted by molar-refractivity contribution is 5.71. The van der Waals surface area contributed by atoms with Gasteiger partial charge in [-0.3, -0.25) is 0 Å². The topological polar surface area (TPSA) is 0 Å². The van der Waals surface area contributed by atoms with E-state index >= 15 is 0 Å². The van der Waals surface area contributed by atoms with E-state index in [4.69, 9.17) is 0 Å². The van der Waals surface area contributed by atoms with Gasteiger partial charge < -0.3 is 0 Å². The number of rotatable bonds is 1. The van der Waals surface area contributed by atoms with Gasteiger partial charge in [0.1, 0.15) is 0 Å². The van der Waals surface area contributed by atoms with Crippen LogP contribution in [-0.2, 0) is 0 Å². The van der Waals surface area contributed by atoms with Crippen LogP contribution in [0.2, 0.25) is 0 Å². The van der Waals surface area contributed by atoms with Crippen LogP contribution in [0.25, 0.3) is 5.57 Å². The normalized spacial score (nSPS) is 31.9. The van der Waals surface area contributed by atoms with Crippen LogP contribution in [0, 0.1) is 18.8 Å². The Morgan fingerprint density at radius 2 is 1.94 bits per heavy atom. The lowest BCUT2D eigenvalue weighted by molar-refractivity contribution is 0.438. The fourth-order valence-electron chi connectivity index (χ4n) is 3.68. The summed E-state index contributed by atoms with van der Waals surface area (Å²) < 4.78 is 0. The molecule has 0 spiro atoms. The zero-order chi connectivity index (χ0) is 12.4. The van der Waals surface area contributed by atoms with Gasteiger partial charge in [0.25, 0.3) is 0 Å². The molecule has 1 fully saturated rings. The summed E-state index contributed by atoms with van der Waals surface area (Å²) in [7, 11) is 0. The molecule has 0 heteroatoms. The first-order chi connectivity index (χ1) is 8.86. The Hall–Kier alpha value is -1.30. The number of hydrogen-bond donors (Lipinski definition) is 0. The molecule has 0 aliphatic heterocycles. The Kier molecular flexibility index (Phi) is 3.36. The van der Waals surface area contributed by atoms with Gasteiger partial charge in [-0.15, -0.1) is 0 Å². The molecule has 2 unspecified atom stereocenters. The van der Waals surface area contributed by atoms with Gasteiger partial charge in [0, 0.05) is 0 Å². The average molecular weight is 238 g/mol. The SMILES string of the molecule is Cc1ccccc1/C1=C/C=C\CCC2CCCC12. The smallest absolute Gasteiger partial charge is 0.0127 e. The van der Waals surface area contributed by atoms with E-state index < -0.39 is 0 Å². The van der Waals surface area contributed by atoms with E-state index in [9.17, 15) is 0 Å². The number of hydrogen-bond acceptors (Lipinski definition) is 0. The zero-order valence-electron chi connectivity index (χ0n) is 11.2. The van der Waals surface area contributed by atoms with Gasteiger partial charge in [-0.25, -0.2) is 0 Å². The molecule has 0 aromatic heterocycles. The van der Waals surface area contributed by atoms with Gasteiger partial charge in [0.05, 0.1) is 0 Å². The van der Waals surface area contributed by atoms with Crippen LogP contribution >= 0.6 is 0 Å². The summed E-state index contributed by atoms with van der Waals surface area (Å²) in [6, 6.07) is 8.86. The molecule has 0 saturated heterocycles. The monoisotopic (exact) mass is 238 g/mol. The van der Waals surface area contributed by atoms with Crippen molar-refractivity contribution in [2.75, 3.05) is 0 Å². The van der Waals surface area contributed by atoms with Gasteiger partial charge in [-0.2, -0.15) is 0 Å². The van der Waals surface area contributed by atoms with Gasteiger partial charge in [0.2, 0.25) is 0 Å². The van der Waals surface area contributed by atoms with Crippen molar-refractivity contribution in [3.63, 3.8) is 0 Å². The number of allylic oxidation sites excluding steroid dienone is 4. The molecule has 0 N–H and O–H groups in total. The highest BCUT2D eigenvalue weighted by Gasteiger charge is 2.30. The molecule has 0 bridgehead atoms. The Morgan fingerprint density at radius 3 is 2.83 bits per heavy atom. The highest BCUT2D eigenvalue weighted by atomic mass is 14.3. The van der Waals surface area contributed by atoms with Crippen molar-refractivity contribution in [1.82, 2.24) is 0 Å². The van der Waals surface area contributed by atoms with Crippen molar-refractivity contribution in [1.29, 1.82) is 0 Å². The van der Waals surface area contributed by atoms with Crippen LogP contribution in [-0.4, -0.2) is 0 Å². The van der Waals surface area contributed by atoms with E-state index in [1.54, 1.807) is 5.57 Å². The molecule has 2 atom stereocenters. The van der Waals surface area contributed by atoms with E-state index in [0.29, 0.717) is 0 Å². The molecule has 2 aliphatic carbocycles. The fraction of sp³-hybridized carbons (Fsp3) is 0.444. The Labute approximate surface area is 110 Å². The summed E-state index contributed by atoms with van der Waals surface area (Å²) in [5, 5.41) is 0. The predicted octanol–water partition coefficient (Wildman–Crippen LogP) is 5.14. The van der Waals surface area contributed by atoms with Gasteiger partial charge in [-0.05, 0) is 61.1 Å². The minimum absolute atomic E-state index is 0.802. The maximum atomic E-state index is 2.38. The maximum absolute atomic E-state index is 2.38. The van der Waals surface area contributed by atoms with Crippen LogP contribution in [0.3, 0.4) is 0 Å². The standard InChI is InChI=1S/C18H22/c1-14-8-5-6-11-16(14)18-12-4-2-3-9-15-10-7-13-17(15)18/h2,4-6,8,11-12,15,17H,3,7,9-10,13H2,1H3/b4-2-,18-12-. The van der Waals surface area contributed by atoms with Crippen molar-refractivity contribution >= 4 is 5.57 Å². The molecular weight excluding hydrogens is 216 g/mol. The second-order valence-corrected chi connectivity index (χ2v) is 5.74. The molecular formula is C18H22. The van der Waals surface area contributed by atoms with Gasteiger partial charge in [0.15, 0.2) is 0 Å². The largest absolute Gasteiger partial charge is 0.0845 e. The third kappa shape index (κ3) is 2.16. The molecule has 1 saturated carbocycles. The minimum Gasteiger partial charge on any atom is -0.0845 e. The first kappa shape index (κ1) is 11.8. The molecule has 18 heavy (non-hydrogen) atoms. The lowest BCUT2D eigenvalue weighted by atomic mass is 9.80. The number of fused-ring (bicyclic) bond motifs is 1. The van der Waals surface area contributed by atoms with E-state index in [-0.39, 0.29) is 0 Å². The van der Waals surface area contributed by atoms with Crippen molar-refractivity contribution < 1.29 is 0 Å². The Morgan fingerprint density at radius 1 is 1.06 bits per heavy atom. The molecule has 0 radical (unpaired) electrons. The Balaban J connectivity index is 2.03. The molecule has 2 aliphatic rings. The zero-order valence-corrected chi connectivity index (χ0v) is 11.2. The summed E-state index contributed by atoms with van der Waals surface area (Å²) in [4.78, 5) is 0. The van der Waals surface area contributed by atoms with E-state index in [2.05, 4.69) is 49.4 Å². The van der Waals surface area contributed by atoms with Gasteiger partial charge >= 0.3 is 0 Å². The highest BCUT2D eigenvalue weighted by Crippen LogP contribution is 2.44.